The number of unbranched alkanes of at least 4 members (excludes halogenated alkanes) is 5. The first-order valence-corrected chi connectivity index (χ1v) is 13.1. The van der Waals surface area contributed by atoms with Gasteiger partial charge in [-0.3, -0.25) is 9.59 Å². The van der Waals surface area contributed by atoms with Crippen molar-refractivity contribution in [2.45, 2.75) is 51.9 Å². The first-order chi connectivity index (χ1) is 18.4. The number of rotatable bonds is 15. The normalized spacial score (nSPS) is 10.9. The molecule has 0 unspecified atom stereocenters. The van der Waals surface area contributed by atoms with E-state index in [0.29, 0.717) is 24.3 Å². The molecule has 3 aromatic carbocycles. The predicted octanol–water partition coefficient (Wildman–Crippen LogP) is 8.47. The van der Waals surface area contributed by atoms with Crippen molar-refractivity contribution in [3.63, 3.8) is 0 Å². The van der Waals surface area contributed by atoms with Crippen molar-refractivity contribution in [1.82, 2.24) is 0 Å². The molecule has 4 nitrogen and oxygen atoms in total. The highest BCUT2D eigenvalue weighted by molar-refractivity contribution is 6.06. The largest absolute Gasteiger partial charge is 0.494 e. The lowest BCUT2D eigenvalue weighted by Crippen LogP contribution is -2.07. The number of halogens is 1. The molecule has 0 atom stereocenters. The summed E-state index contributed by atoms with van der Waals surface area (Å²) >= 11 is 0. The lowest BCUT2D eigenvalue weighted by Gasteiger charge is -2.07. The van der Waals surface area contributed by atoms with Gasteiger partial charge in [0, 0.05) is 12.0 Å². The van der Waals surface area contributed by atoms with E-state index < -0.39 is 0 Å². The SMILES string of the molecule is C=C(C)c1ccc(OCCCCCCCCC(=O)Oc2ccc(C=CC(=O)c3ccc(F)cc3)cc2)cc1. The van der Waals surface area contributed by atoms with E-state index in [0.717, 1.165) is 61.0 Å². The summed E-state index contributed by atoms with van der Waals surface area (Å²) in [5.41, 5.74) is 3.39. The van der Waals surface area contributed by atoms with E-state index in [4.69, 9.17) is 9.47 Å². The molecule has 0 aliphatic rings. The van der Waals surface area contributed by atoms with Crippen LogP contribution in [0.1, 0.15) is 73.4 Å². The highest BCUT2D eigenvalue weighted by Crippen LogP contribution is 2.18. The summed E-state index contributed by atoms with van der Waals surface area (Å²) < 4.78 is 24.2. The molecule has 0 radical (unpaired) electrons. The minimum Gasteiger partial charge on any atom is -0.494 e. The van der Waals surface area contributed by atoms with Crippen LogP contribution in [0.25, 0.3) is 11.6 Å². The van der Waals surface area contributed by atoms with Gasteiger partial charge in [0.1, 0.15) is 17.3 Å². The molecule has 0 spiro atoms. The second-order valence-electron chi connectivity index (χ2n) is 9.27. The van der Waals surface area contributed by atoms with Crippen molar-refractivity contribution in [3.05, 3.63) is 108 Å². The number of esters is 1. The zero-order valence-electron chi connectivity index (χ0n) is 22.0. The third-order valence-electron chi connectivity index (χ3n) is 6.06. The maximum Gasteiger partial charge on any atom is 0.311 e. The summed E-state index contributed by atoms with van der Waals surface area (Å²) in [5, 5.41) is 0. The number of carbonyl (C=O) groups excluding carboxylic acids is 2. The van der Waals surface area contributed by atoms with Crippen LogP contribution in [0.2, 0.25) is 0 Å². The number of ketones is 1. The third-order valence-corrected chi connectivity index (χ3v) is 6.06. The second kappa shape index (κ2) is 15.3. The molecule has 0 heterocycles. The molecule has 0 saturated carbocycles. The molecule has 0 fully saturated rings. The Morgan fingerprint density at radius 3 is 2.00 bits per heavy atom. The van der Waals surface area contributed by atoms with Gasteiger partial charge in [-0.1, -0.05) is 68.2 Å². The maximum atomic E-state index is 13.0. The van der Waals surface area contributed by atoms with Crippen LogP contribution in [-0.2, 0) is 4.79 Å². The number of ether oxygens (including phenoxy) is 2. The van der Waals surface area contributed by atoms with Crippen LogP contribution >= 0.6 is 0 Å². The Hall–Kier alpha value is -3.99. The number of hydrogen-bond donors (Lipinski definition) is 0. The Kier molecular flexibility index (Phi) is 11.5. The summed E-state index contributed by atoms with van der Waals surface area (Å²) in [4.78, 5) is 24.3. The van der Waals surface area contributed by atoms with Crippen LogP contribution in [0.5, 0.6) is 11.5 Å². The first kappa shape index (κ1) is 28.6. The molecule has 3 aromatic rings. The van der Waals surface area contributed by atoms with Crippen LogP contribution in [0.15, 0.2) is 85.5 Å². The Balaban J connectivity index is 1.24. The molecule has 0 aliphatic heterocycles. The molecule has 198 valence electrons. The van der Waals surface area contributed by atoms with Gasteiger partial charge in [0.2, 0.25) is 0 Å². The summed E-state index contributed by atoms with van der Waals surface area (Å²) in [5.74, 6) is 0.530. The number of allylic oxidation sites excluding steroid dienone is 2. The van der Waals surface area contributed by atoms with E-state index >= 15 is 0 Å². The monoisotopic (exact) mass is 514 g/mol. The molecule has 5 heteroatoms. The fraction of sp³-hybridized carbons (Fsp3) is 0.273. The average Bonchev–Trinajstić information content (AvgIpc) is 2.92. The van der Waals surface area contributed by atoms with Crippen molar-refractivity contribution >= 4 is 23.4 Å². The van der Waals surface area contributed by atoms with Crippen molar-refractivity contribution in [1.29, 1.82) is 0 Å². The van der Waals surface area contributed by atoms with Crippen LogP contribution < -0.4 is 9.47 Å². The fourth-order valence-corrected chi connectivity index (χ4v) is 3.82. The van der Waals surface area contributed by atoms with E-state index in [2.05, 4.69) is 6.58 Å². The van der Waals surface area contributed by atoms with E-state index in [1.165, 1.54) is 30.3 Å². The zero-order chi connectivity index (χ0) is 27.2. The Morgan fingerprint density at radius 1 is 0.763 bits per heavy atom. The molecule has 0 bridgehead atoms. The highest BCUT2D eigenvalue weighted by Gasteiger charge is 2.06. The van der Waals surface area contributed by atoms with Gasteiger partial charge >= 0.3 is 5.97 Å². The van der Waals surface area contributed by atoms with Crippen LogP contribution in [0, 0.1) is 5.82 Å². The van der Waals surface area contributed by atoms with Crippen LogP contribution in [0.4, 0.5) is 4.39 Å². The predicted molar refractivity (Wildman–Crippen MR) is 151 cm³/mol. The zero-order valence-corrected chi connectivity index (χ0v) is 22.0. The van der Waals surface area contributed by atoms with E-state index in [-0.39, 0.29) is 17.6 Å². The Labute approximate surface area is 224 Å². The molecule has 3 rings (SSSR count). The summed E-state index contributed by atoms with van der Waals surface area (Å²) in [6.07, 6.45) is 9.59. The summed E-state index contributed by atoms with van der Waals surface area (Å²) in [6, 6.07) is 20.4. The van der Waals surface area contributed by atoms with Crippen LogP contribution in [-0.4, -0.2) is 18.4 Å². The molecule has 38 heavy (non-hydrogen) atoms. The minimum absolute atomic E-state index is 0.210. The first-order valence-electron chi connectivity index (χ1n) is 13.1. The van der Waals surface area contributed by atoms with Gasteiger partial charge in [0.25, 0.3) is 0 Å². The van der Waals surface area contributed by atoms with Gasteiger partial charge < -0.3 is 9.47 Å². The quantitative estimate of drug-likeness (QED) is 0.0671. The second-order valence-corrected chi connectivity index (χ2v) is 9.27. The molecule has 0 aliphatic carbocycles. The summed E-state index contributed by atoms with van der Waals surface area (Å²) in [7, 11) is 0. The highest BCUT2D eigenvalue weighted by atomic mass is 19.1. The van der Waals surface area contributed by atoms with Gasteiger partial charge in [-0.15, -0.1) is 0 Å². The fourth-order valence-electron chi connectivity index (χ4n) is 3.82. The van der Waals surface area contributed by atoms with Gasteiger partial charge in [-0.2, -0.15) is 0 Å². The average molecular weight is 515 g/mol. The van der Waals surface area contributed by atoms with Crippen LogP contribution in [0.3, 0.4) is 0 Å². The van der Waals surface area contributed by atoms with E-state index in [1.807, 2.05) is 31.2 Å². The van der Waals surface area contributed by atoms with Gasteiger partial charge in [-0.25, -0.2) is 4.39 Å². The molecule has 0 amide bonds. The van der Waals surface area contributed by atoms with Crippen molar-refractivity contribution in [2.24, 2.45) is 0 Å². The molecule has 0 N–H and O–H groups in total. The van der Waals surface area contributed by atoms with Gasteiger partial charge in [0.15, 0.2) is 5.78 Å². The lowest BCUT2D eigenvalue weighted by molar-refractivity contribution is -0.134. The topological polar surface area (TPSA) is 52.6 Å². The smallest absolute Gasteiger partial charge is 0.311 e. The standard InChI is InChI=1S/C33H35FO4/c1-25(2)27-15-21-30(22-16-27)37-24-8-6-4-3-5-7-9-33(36)38-31-19-10-26(11-20-31)12-23-32(35)28-13-17-29(34)18-14-28/h10-23H,1,3-9,24H2,2H3. The third kappa shape index (κ3) is 10.2. The Bertz CT molecular complexity index is 1210. The van der Waals surface area contributed by atoms with Gasteiger partial charge in [-0.05, 0) is 85.5 Å². The van der Waals surface area contributed by atoms with Gasteiger partial charge in [0.05, 0.1) is 6.61 Å². The number of carbonyl (C=O) groups is 2. The molecular formula is C33H35FO4. The Morgan fingerprint density at radius 2 is 1.34 bits per heavy atom. The van der Waals surface area contributed by atoms with Crippen molar-refractivity contribution < 1.29 is 23.5 Å². The van der Waals surface area contributed by atoms with Crippen molar-refractivity contribution in [3.8, 4) is 11.5 Å². The van der Waals surface area contributed by atoms with E-state index in [9.17, 15) is 14.0 Å². The molecule has 0 saturated heterocycles. The molecular weight excluding hydrogens is 479 g/mol. The molecule has 0 aromatic heterocycles. The number of benzene rings is 3. The minimum atomic E-state index is -0.380. The number of hydrogen-bond acceptors (Lipinski definition) is 4. The maximum absolute atomic E-state index is 13.0. The van der Waals surface area contributed by atoms with Crippen molar-refractivity contribution in [2.75, 3.05) is 6.61 Å². The summed E-state index contributed by atoms with van der Waals surface area (Å²) in [6.45, 7) is 6.63. The lowest BCUT2D eigenvalue weighted by atomic mass is 10.1. The van der Waals surface area contributed by atoms with E-state index in [1.54, 1.807) is 30.3 Å².